The lowest BCUT2D eigenvalue weighted by molar-refractivity contribution is 0.351. The molecule has 1 saturated heterocycles. The van der Waals surface area contributed by atoms with Crippen molar-refractivity contribution < 1.29 is 4.74 Å². The van der Waals surface area contributed by atoms with E-state index in [1.165, 1.54) is 29.7 Å². The number of nitrogens with two attached hydrogens (primary N) is 1. The van der Waals surface area contributed by atoms with Crippen molar-refractivity contribution in [1.29, 1.82) is 0 Å². The largest absolute Gasteiger partial charge is 0.493 e. The number of benzene rings is 1. The lowest BCUT2D eigenvalue weighted by atomic mass is 9.90. The van der Waals surface area contributed by atoms with E-state index in [2.05, 4.69) is 6.92 Å². The summed E-state index contributed by atoms with van der Waals surface area (Å²) >= 11 is 8.22. The Balaban J connectivity index is 1.83. The molecular formula is C15H20ClNOS. The first-order valence-corrected chi connectivity index (χ1v) is 8.28. The molecule has 2 aliphatic heterocycles. The van der Waals surface area contributed by atoms with Crippen molar-refractivity contribution in [1.82, 2.24) is 0 Å². The van der Waals surface area contributed by atoms with Crippen LogP contribution in [0.4, 0.5) is 0 Å². The molecule has 0 amide bonds. The van der Waals surface area contributed by atoms with Gasteiger partial charge >= 0.3 is 0 Å². The summed E-state index contributed by atoms with van der Waals surface area (Å²) in [6.07, 6.45) is 4.30. The van der Waals surface area contributed by atoms with Crippen LogP contribution in [0.2, 0.25) is 5.02 Å². The fourth-order valence-electron chi connectivity index (χ4n) is 3.04. The fourth-order valence-corrected chi connectivity index (χ4v) is 4.65. The van der Waals surface area contributed by atoms with Crippen LogP contribution in [0.5, 0.6) is 5.75 Å². The standard InChI is InChI=1S/C15H20ClNOS/c1-15(4-2-6-19-15)13(17)9-11-8-12(16)7-10-3-5-18-14(10)11/h7-8,13H,2-6,9,17H2,1H3. The van der Waals surface area contributed by atoms with Crippen LogP contribution in [-0.4, -0.2) is 23.1 Å². The van der Waals surface area contributed by atoms with Crippen molar-refractivity contribution in [3.63, 3.8) is 0 Å². The van der Waals surface area contributed by atoms with E-state index in [1.54, 1.807) is 0 Å². The maximum atomic E-state index is 6.47. The molecule has 1 aromatic rings. The summed E-state index contributed by atoms with van der Waals surface area (Å²) in [5.74, 6) is 2.26. The van der Waals surface area contributed by atoms with Crippen molar-refractivity contribution in [3.05, 3.63) is 28.3 Å². The zero-order valence-corrected chi connectivity index (χ0v) is 12.8. The van der Waals surface area contributed by atoms with Gasteiger partial charge in [-0.05, 0) is 55.2 Å². The number of fused-ring (bicyclic) bond motifs is 1. The van der Waals surface area contributed by atoms with Crippen molar-refractivity contribution in [2.45, 2.75) is 43.4 Å². The van der Waals surface area contributed by atoms with E-state index >= 15 is 0 Å². The van der Waals surface area contributed by atoms with Crippen LogP contribution in [0.15, 0.2) is 12.1 Å². The van der Waals surface area contributed by atoms with Gasteiger partial charge < -0.3 is 10.5 Å². The second-order valence-electron chi connectivity index (χ2n) is 5.73. The molecule has 2 unspecified atom stereocenters. The zero-order chi connectivity index (χ0) is 13.5. The van der Waals surface area contributed by atoms with E-state index in [9.17, 15) is 0 Å². The van der Waals surface area contributed by atoms with Crippen molar-refractivity contribution in [2.75, 3.05) is 12.4 Å². The maximum Gasteiger partial charge on any atom is 0.125 e. The summed E-state index contributed by atoms with van der Waals surface area (Å²) < 4.78 is 5.96. The molecule has 4 heteroatoms. The molecule has 2 N–H and O–H groups in total. The topological polar surface area (TPSA) is 35.2 Å². The quantitative estimate of drug-likeness (QED) is 0.928. The highest BCUT2D eigenvalue weighted by molar-refractivity contribution is 8.00. The second-order valence-corrected chi connectivity index (χ2v) is 7.79. The highest BCUT2D eigenvalue weighted by Crippen LogP contribution is 2.42. The Bertz CT molecular complexity index is 485. The average molecular weight is 298 g/mol. The summed E-state index contributed by atoms with van der Waals surface area (Å²) in [5.41, 5.74) is 8.89. The van der Waals surface area contributed by atoms with Gasteiger partial charge in [0.15, 0.2) is 0 Å². The monoisotopic (exact) mass is 297 g/mol. The minimum absolute atomic E-state index is 0.159. The molecule has 2 nitrogen and oxygen atoms in total. The van der Waals surface area contributed by atoms with E-state index in [0.717, 1.165) is 30.2 Å². The molecule has 0 bridgehead atoms. The van der Waals surface area contributed by atoms with E-state index in [1.807, 2.05) is 23.9 Å². The summed E-state index contributed by atoms with van der Waals surface area (Å²) in [6.45, 7) is 3.06. The predicted molar refractivity (Wildman–Crippen MR) is 82.4 cm³/mol. The van der Waals surface area contributed by atoms with Gasteiger partial charge in [0.1, 0.15) is 5.75 Å². The Morgan fingerprint density at radius 1 is 1.53 bits per heavy atom. The number of thioether (sulfide) groups is 1. The molecule has 0 spiro atoms. The van der Waals surface area contributed by atoms with Crippen molar-refractivity contribution >= 4 is 23.4 Å². The number of hydrogen-bond donors (Lipinski definition) is 1. The van der Waals surface area contributed by atoms with Crippen molar-refractivity contribution in [3.8, 4) is 5.75 Å². The smallest absolute Gasteiger partial charge is 0.125 e. The SMILES string of the molecule is CC1(C(N)Cc2cc(Cl)cc3c2OCC3)CCCS1. The van der Waals surface area contributed by atoms with Crippen LogP contribution < -0.4 is 10.5 Å². The fraction of sp³-hybridized carbons (Fsp3) is 0.600. The normalized spacial score (nSPS) is 27.1. The van der Waals surface area contributed by atoms with Gasteiger partial charge in [-0.25, -0.2) is 0 Å². The minimum atomic E-state index is 0.159. The molecule has 0 radical (unpaired) electrons. The van der Waals surface area contributed by atoms with Gasteiger partial charge in [0.2, 0.25) is 0 Å². The third kappa shape index (κ3) is 2.61. The zero-order valence-electron chi connectivity index (χ0n) is 11.2. The van der Waals surface area contributed by atoms with Gasteiger partial charge in [-0.2, -0.15) is 11.8 Å². The Hall–Kier alpha value is -0.380. The number of rotatable bonds is 3. The van der Waals surface area contributed by atoms with Gasteiger partial charge in [-0.3, -0.25) is 0 Å². The van der Waals surface area contributed by atoms with Gasteiger partial charge in [0, 0.05) is 22.2 Å². The van der Waals surface area contributed by atoms with Crippen LogP contribution in [-0.2, 0) is 12.8 Å². The van der Waals surface area contributed by atoms with Crippen LogP contribution >= 0.6 is 23.4 Å². The minimum Gasteiger partial charge on any atom is -0.493 e. The lowest BCUT2D eigenvalue weighted by Crippen LogP contribution is -2.42. The molecule has 2 atom stereocenters. The predicted octanol–water partition coefficient (Wildman–Crippen LogP) is 3.43. The van der Waals surface area contributed by atoms with E-state index < -0.39 is 0 Å². The van der Waals surface area contributed by atoms with Gasteiger partial charge in [0.25, 0.3) is 0 Å². The molecule has 104 valence electrons. The van der Waals surface area contributed by atoms with Gasteiger partial charge in [0.05, 0.1) is 6.61 Å². The number of ether oxygens (including phenoxy) is 1. The second kappa shape index (κ2) is 5.19. The Morgan fingerprint density at radius 2 is 2.37 bits per heavy atom. The van der Waals surface area contributed by atoms with E-state index in [-0.39, 0.29) is 10.8 Å². The molecule has 3 rings (SSSR count). The molecule has 0 aliphatic carbocycles. The molecule has 0 aromatic heterocycles. The molecule has 0 saturated carbocycles. The van der Waals surface area contributed by atoms with Crippen LogP contribution in [0.3, 0.4) is 0 Å². The summed E-state index contributed by atoms with van der Waals surface area (Å²) in [6, 6.07) is 4.20. The lowest BCUT2D eigenvalue weighted by Gasteiger charge is -2.30. The van der Waals surface area contributed by atoms with Crippen molar-refractivity contribution in [2.24, 2.45) is 5.73 Å². The molecule has 2 heterocycles. The Kier molecular flexibility index (Phi) is 3.71. The molecular weight excluding hydrogens is 278 g/mol. The molecule has 2 aliphatic rings. The van der Waals surface area contributed by atoms with E-state index in [4.69, 9.17) is 22.1 Å². The molecule has 1 aromatic carbocycles. The van der Waals surface area contributed by atoms with Gasteiger partial charge in [-0.1, -0.05) is 11.6 Å². The number of halogens is 1. The highest BCUT2D eigenvalue weighted by Gasteiger charge is 2.36. The first kappa shape index (κ1) is 13.6. The first-order valence-electron chi connectivity index (χ1n) is 6.92. The molecule has 1 fully saturated rings. The maximum absolute atomic E-state index is 6.47. The van der Waals surface area contributed by atoms with Gasteiger partial charge in [-0.15, -0.1) is 0 Å². The van der Waals surface area contributed by atoms with Crippen LogP contribution in [0, 0.1) is 0 Å². The summed E-state index contributed by atoms with van der Waals surface area (Å²) in [7, 11) is 0. The van der Waals surface area contributed by atoms with Crippen LogP contribution in [0.1, 0.15) is 30.9 Å². The Labute approximate surface area is 124 Å². The highest BCUT2D eigenvalue weighted by atomic mass is 35.5. The Morgan fingerprint density at radius 3 is 3.11 bits per heavy atom. The van der Waals surface area contributed by atoms with E-state index in [0.29, 0.717) is 0 Å². The number of hydrogen-bond acceptors (Lipinski definition) is 3. The summed E-state index contributed by atoms with van der Waals surface area (Å²) in [5, 5.41) is 0.802. The first-order chi connectivity index (χ1) is 9.08. The van der Waals surface area contributed by atoms with Crippen LogP contribution in [0.25, 0.3) is 0 Å². The third-order valence-corrected chi connectivity index (χ3v) is 6.18. The summed E-state index contributed by atoms with van der Waals surface area (Å²) in [4.78, 5) is 0. The average Bonchev–Trinajstić information content (AvgIpc) is 2.98. The molecule has 19 heavy (non-hydrogen) atoms. The third-order valence-electron chi connectivity index (χ3n) is 4.30.